The maximum atomic E-state index is 13.3. The van der Waals surface area contributed by atoms with Gasteiger partial charge in [-0.25, -0.2) is 8.78 Å². The third-order valence-electron chi connectivity index (χ3n) is 2.68. The molecule has 1 aliphatic heterocycles. The lowest BCUT2D eigenvalue weighted by atomic mass is 9.99. The van der Waals surface area contributed by atoms with Crippen LogP contribution in [-0.4, -0.2) is 35.0 Å². The Morgan fingerprint density at radius 1 is 1.29 bits per heavy atom. The predicted octanol–water partition coefficient (Wildman–Crippen LogP) is 1.12. The second-order valence-electron chi connectivity index (χ2n) is 3.87. The Labute approximate surface area is 95.5 Å². The molecular formula is C11H9F2NO3. The van der Waals surface area contributed by atoms with Gasteiger partial charge in [-0.05, 0) is 12.1 Å². The van der Waals surface area contributed by atoms with E-state index in [0.717, 1.165) is 12.1 Å². The van der Waals surface area contributed by atoms with Gasteiger partial charge in [0.1, 0.15) is 11.6 Å². The van der Waals surface area contributed by atoms with Crippen molar-refractivity contribution in [3.8, 4) is 0 Å². The number of aliphatic carboxylic acids is 1. The highest BCUT2D eigenvalue weighted by molar-refractivity contribution is 5.95. The minimum Gasteiger partial charge on any atom is -0.481 e. The Bertz CT molecular complexity index is 484. The SMILES string of the molecule is O=C(O)C1CN(C(=O)c2ccc(F)cc2F)C1. The summed E-state index contributed by atoms with van der Waals surface area (Å²) >= 11 is 0. The average molecular weight is 241 g/mol. The number of carbonyl (C=O) groups excluding carboxylic acids is 1. The standard InChI is InChI=1S/C11H9F2NO3/c12-7-1-2-8(9(13)3-7)10(15)14-4-6(5-14)11(16)17/h1-3,6H,4-5H2,(H,16,17). The summed E-state index contributed by atoms with van der Waals surface area (Å²) in [6.45, 7) is 0.121. The summed E-state index contributed by atoms with van der Waals surface area (Å²) in [5.41, 5.74) is -0.241. The maximum absolute atomic E-state index is 13.3. The topological polar surface area (TPSA) is 57.6 Å². The van der Waals surface area contributed by atoms with Crippen LogP contribution in [0, 0.1) is 17.6 Å². The Kier molecular flexibility index (Phi) is 2.79. The summed E-state index contributed by atoms with van der Waals surface area (Å²) in [7, 11) is 0. The molecule has 0 bridgehead atoms. The lowest BCUT2D eigenvalue weighted by Crippen LogP contribution is -2.53. The van der Waals surface area contributed by atoms with Crippen LogP contribution in [-0.2, 0) is 4.79 Å². The van der Waals surface area contributed by atoms with Crippen molar-refractivity contribution < 1.29 is 23.5 Å². The van der Waals surface area contributed by atoms with Gasteiger partial charge in [-0.3, -0.25) is 9.59 Å². The number of nitrogens with zero attached hydrogens (tertiary/aromatic N) is 1. The van der Waals surface area contributed by atoms with Crippen molar-refractivity contribution in [3.05, 3.63) is 35.4 Å². The Morgan fingerprint density at radius 3 is 2.47 bits per heavy atom. The second-order valence-corrected chi connectivity index (χ2v) is 3.87. The van der Waals surface area contributed by atoms with E-state index in [-0.39, 0.29) is 18.7 Å². The van der Waals surface area contributed by atoms with Gasteiger partial charge in [0.15, 0.2) is 0 Å². The van der Waals surface area contributed by atoms with Gasteiger partial charge in [0.2, 0.25) is 0 Å². The Morgan fingerprint density at radius 2 is 1.94 bits per heavy atom. The van der Waals surface area contributed by atoms with Crippen molar-refractivity contribution >= 4 is 11.9 Å². The molecule has 1 aromatic carbocycles. The van der Waals surface area contributed by atoms with E-state index in [0.29, 0.717) is 6.07 Å². The van der Waals surface area contributed by atoms with Crippen LogP contribution < -0.4 is 0 Å². The molecule has 1 fully saturated rings. The van der Waals surface area contributed by atoms with Gasteiger partial charge in [-0.15, -0.1) is 0 Å². The van der Waals surface area contributed by atoms with E-state index in [9.17, 15) is 18.4 Å². The monoisotopic (exact) mass is 241 g/mol. The van der Waals surface area contributed by atoms with Crippen molar-refractivity contribution in [3.63, 3.8) is 0 Å². The lowest BCUT2D eigenvalue weighted by molar-refractivity contribution is -0.146. The van der Waals surface area contributed by atoms with Crippen LogP contribution in [0.25, 0.3) is 0 Å². The van der Waals surface area contributed by atoms with Gasteiger partial charge in [-0.2, -0.15) is 0 Å². The molecule has 0 aliphatic carbocycles. The van der Waals surface area contributed by atoms with Crippen LogP contribution in [0.1, 0.15) is 10.4 Å². The van der Waals surface area contributed by atoms with E-state index >= 15 is 0 Å². The van der Waals surface area contributed by atoms with Crippen LogP contribution in [0.3, 0.4) is 0 Å². The molecule has 1 saturated heterocycles. The van der Waals surface area contributed by atoms with Crippen LogP contribution in [0.5, 0.6) is 0 Å². The molecule has 0 spiro atoms. The first-order chi connectivity index (χ1) is 7.99. The third-order valence-corrected chi connectivity index (χ3v) is 2.68. The molecule has 1 amide bonds. The van der Waals surface area contributed by atoms with E-state index in [1.54, 1.807) is 0 Å². The molecule has 1 N–H and O–H groups in total. The lowest BCUT2D eigenvalue weighted by Gasteiger charge is -2.36. The first-order valence-corrected chi connectivity index (χ1v) is 4.96. The molecule has 0 aromatic heterocycles. The van der Waals surface area contributed by atoms with Crippen molar-refractivity contribution in [1.82, 2.24) is 4.90 Å². The number of carboxylic acids is 1. The fraction of sp³-hybridized carbons (Fsp3) is 0.273. The number of benzene rings is 1. The number of halogens is 2. The number of carbonyl (C=O) groups is 2. The van der Waals surface area contributed by atoms with E-state index in [1.165, 1.54) is 4.90 Å². The van der Waals surface area contributed by atoms with Crippen LogP contribution in [0.15, 0.2) is 18.2 Å². The van der Waals surface area contributed by atoms with Crippen molar-refractivity contribution in [2.45, 2.75) is 0 Å². The van der Waals surface area contributed by atoms with Gasteiger partial charge in [0.25, 0.3) is 5.91 Å². The number of hydrogen-bond donors (Lipinski definition) is 1. The first-order valence-electron chi connectivity index (χ1n) is 4.96. The van der Waals surface area contributed by atoms with Crippen LogP contribution in [0.4, 0.5) is 8.78 Å². The minimum absolute atomic E-state index is 0.0605. The number of amides is 1. The van der Waals surface area contributed by atoms with Crippen molar-refractivity contribution in [2.24, 2.45) is 5.92 Å². The molecule has 1 aliphatic rings. The van der Waals surface area contributed by atoms with Gasteiger partial charge in [0, 0.05) is 19.2 Å². The molecule has 0 unspecified atom stereocenters. The highest BCUT2D eigenvalue weighted by Gasteiger charge is 2.36. The molecule has 90 valence electrons. The van der Waals surface area contributed by atoms with Gasteiger partial charge < -0.3 is 10.0 Å². The van der Waals surface area contributed by atoms with E-state index in [2.05, 4.69) is 0 Å². The maximum Gasteiger partial charge on any atom is 0.310 e. The zero-order chi connectivity index (χ0) is 12.6. The predicted molar refractivity (Wildman–Crippen MR) is 53.4 cm³/mol. The van der Waals surface area contributed by atoms with Gasteiger partial charge in [-0.1, -0.05) is 0 Å². The molecule has 0 atom stereocenters. The van der Waals surface area contributed by atoms with E-state index < -0.39 is 29.4 Å². The van der Waals surface area contributed by atoms with Gasteiger partial charge >= 0.3 is 5.97 Å². The summed E-state index contributed by atoms with van der Waals surface area (Å²) in [6, 6.07) is 2.67. The van der Waals surface area contributed by atoms with E-state index in [4.69, 9.17) is 5.11 Å². The van der Waals surface area contributed by atoms with Crippen LogP contribution in [0.2, 0.25) is 0 Å². The highest BCUT2D eigenvalue weighted by atomic mass is 19.1. The third kappa shape index (κ3) is 2.11. The number of carboxylic acid groups (broad SMARTS) is 1. The molecule has 17 heavy (non-hydrogen) atoms. The number of likely N-dealkylation sites (tertiary alicyclic amines) is 1. The molecule has 0 saturated carbocycles. The zero-order valence-corrected chi connectivity index (χ0v) is 8.69. The molecule has 0 radical (unpaired) electrons. The summed E-state index contributed by atoms with van der Waals surface area (Å²) in [4.78, 5) is 23.5. The molecule has 1 aromatic rings. The molecule has 1 heterocycles. The summed E-state index contributed by atoms with van der Waals surface area (Å²) in [5.74, 6) is -3.88. The summed E-state index contributed by atoms with van der Waals surface area (Å²) in [5, 5.41) is 8.63. The summed E-state index contributed by atoms with van der Waals surface area (Å²) in [6.07, 6.45) is 0. The fourth-order valence-electron chi connectivity index (χ4n) is 1.63. The number of rotatable bonds is 2. The second kappa shape index (κ2) is 4.12. The van der Waals surface area contributed by atoms with Crippen LogP contribution >= 0.6 is 0 Å². The number of hydrogen-bond acceptors (Lipinski definition) is 2. The zero-order valence-electron chi connectivity index (χ0n) is 8.69. The summed E-state index contributed by atoms with van der Waals surface area (Å²) < 4.78 is 25.9. The van der Waals surface area contributed by atoms with E-state index in [1.807, 2.05) is 0 Å². The minimum atomic E-state index is -0.978. The Balaban J connectivity index is 2.09. The molecule has 4 nitrogen and oxygen atoms in total. The van der Waals surface area contributed by atoms with Gasteiger partial charge in [0.05, 0.1) is 11.5 Å². The fourth-order valence-corrected chi connectivity index (χ4v) is 1.63. The highest BCUT2D eigenvalue weighted by Crippen LogP contribution is 2.20. The average Bonchev–Trinajstić information content (AvgIpc) is 2.13. The molecular weight excluding hydrogens is 232 g/mol. The molecule has 2 rings (SSSR count). The first kappa shape index (κ1) is 11.5. The largest absolute Gasteiger partial charge is 0.481 e. The Hall–Kier alpha value is -1.98. The van der Waals surface area contributed by atoms with Crippen molar-refractivity contribution in [1.29, 1.82) is 0 Å². The van der Waals surface area contributed by atoms with Crippen molar-refractivity contribution in [2.75, 3.05) is 13.1 Å². The normalized spacial score (nSPS) is 15.5. The molecule has 6 heteroatoms. The smallest absolute Gasteiger partial charge is 0.310 e. The quantitative estimate of drug-likeness (QED) is 0.844.